The first-order valence-electron chi connectivity index (χ1n) is 10.7. The lowest BCUT2D eigenvalue weighted by molar-refractivity contribution is 0.0600. The summed E-state index contributed by atoms with van der Waals surface area (Å²) >= 11 is 0. The highest BCUT2D eigenvalue weighted by atomic mass is 16.5. The number of carbonyl (C=O) groups excluding carboxylic acids is 2. The van der Waals surface area contributed by atoms with Gasteiger partial charge in [-0.1, -0.05) is 42.5 Å². The van der Waals surface area contributed by atoms with Crippen LogP contribution in [0.3, 0.4) is 0 Å². The third kappa shape index (κ3) is 4.01. The summed E-state index contributed by atoms with van der Waals surface area (Å²) in [6.45, 7) is 3.86. The number of Topliss-reactive ketones (excluding diaryl/α,β-unsaturated/α-hetero) is 1. The van der Waals surface area contributed by atoms with Gasteiger partial charge in [0.05, 0.1) is 18.2 Å². The van der Waals surface area contributed by atoms with Gasteiger partial charge in [0, 0.05) is 24.2 Å². The summed E-state index contributed by atoms with van der Waals surface area (Å²) in [5.41, 5.74) is 4.78. The van der Waals surface area contributed by atoms with E-state index in [1.54, 1.807) is 30.3 Å². The van der Waals surface area contributed by atoms with E-state index >= 15 is 0 Å². The molecule has 6 heteroatoms. The summed E-state index contributed by atoms with van der Waals surface area (Å²) in [5.74, 6) is 1.02. The molecule has 0 aliphatic carbocycles. The molecule has 0 saturated heterocycles. The molecule has 0 aromatic heterocycles. The summed E-state index contributed by atoms with van der Waals surface area (Å²) in [5, 5.41) is 0. The van der Waals surface area contributed by atoms with Crippen LogP contribution in [0.1, 0.15) is 43.0 Å². The number of hydrogen-bond donors (Lipinski definition) is 0. The molecule has 166 valence electrons. The van der Waals surface area contributed by atoms with Crippen molar-refractivity contribution in [2.45, 2.75) is 20.0 Å². The number of carbonyl (C=O) groups is 2. The minimum Gasteiger partial charge on any atom is -0.477 e. The zero-order valence-corrected chi connectivity index (χ0v) is 18.5. The van der Waals surface area contributed by atoms with Crippen LogP contribution in [0, 0.1) is 6.92 Å². The van der Waals surface area contributed by atoms with Crippen LogP contribution in [0.5, 0.6) is 11.5 Å². The number of rotatable bonds is 4. The SMILES string of the molecule is COC(=O)c1ccc(/C=C2\Oc3c(cc4c(c3C)OCN(Cc3ccccc3)C4)C2=O)cc1. The Balaban J connectivity index is 1.39. The molecule has 0 radical (unpaired) electrons. The van der Waals surface area contributed by atoms with E-state index in [-0.39, 0.29) is 11.5 Å². The second-order valence-corrected chi connectivity index (χ2v) is 8.17. The van der Waals surface area contributed by atoms with Crippen molar-refractivity contribution in [3.05, 3.63) is 99.8 Å². The van der Waals surface area contributed by atoms with Gasteiger partial charge in [-0.3, -0.25) is 9.69 Å². The number of fused-ring (bicyclic) bond motifs is 2. The summed E-state index contributed by atoms with van der Waals surface area (Å²) in [6, 6.07) is 18.9. The van der Waals surface area contributed by atoms with Gasteiger partial charge < -0.3 is 14.2 Å². The zero-order valence-electron chi connectivity index (χ0n) is 18.5. The average Bonchev–Trinajstić information content (AvgIpc) is 3.15. The smallest absolute Gasteiger partial charge is 0.337 e. The molecule has 33 heavy (non-hydrogen) atoms. The Labute approximate surface area is 192 Å². The highest BCUT2D eigenvalue weighted by molar-refractivity contribution is 6.15. The summed E-state index contributed by atoms with van der Waals surface area (Å²) in [7, 11) is 1.34. The van der Waals surface area contributed by atoms with Crippen molar-refractivity contribution >= 4 is 17.8 Å². The van der Waals surface area contributed by atoms with Gasteiger partial charge in [0.2, 0.25) is 5.78 Å². The van der Waals surface area contributed by atoms with Crippen LogP contribution in [0.15, 0.2) is 66.4 Å². The van der Waals surface area contributed by atoms with Crippen LogP contribution in [0.4, 0.5) is 0 Å². The van der Waals surface area contributed by atoms with Gasteiger partial charge in [-0.05, 0) is 42.3 Å². The average molecular weight is 441 g/mol. The van der Waals surface area contributed by atoms with Crippen molar-refractivity contribution in [1.29, 1.82) is 0 Å². The third-order valence-corrected chi connectivity index (χ3v) is 5.88. The Hall–Kier alpha value is -3.90. The second kappa shape index (κ2) is 8.56. The number of hydrogen-bond acceptors (Lipinski definition) is 6. The Morgan fingerprint density at radius 1 is 1.09 bits per heavy atom. The Morgan fingerprint density at radius 3 is 2.58 bits per heavy atom. The van der Waals surface area contributed by atoms with E-state index in [1.165, 1.54) is 12.7 Å². The maximum Gasteiger partial charge on any atom is 0.337 e. The fourth-order valence-electron chi connectivity index (χ4n) is 4.22. The molecule has 2 heterocycles. The highest BCUT2D eigenvalue weighted by Crippen LogP contribution is 2.43. The molecule has 0 spiro atoms. The van der Waals surface area contributed by atoms with Crippen molar-refractivity contribution in [3.8, 4) is 11.5 Å². The van der Waals surface area contributed by atoms with E-state index in [0.29, 0.717) is 30.2 Å². The number of esters is 1. The van der Waals surface area contributed by atoms with E-state index < -0.39 is 5.97 Å². The number of ketones is 1. The first-order valence-corrected chi connectivity index (χ1v) is 10.7. The molecule has 2 aliphatic heterocycles. The molecule has 0 unspecified atom stereocenters. The van der Waals surface area contributed by atoms with Gasteiger partial charge in [-0.15, -0.1) is 0 Å². The summed E-state index contributed by atoms with van der Waals surface area (Å²) in [6.07, 6.45) is 1.68. The highest BCUT2D eigenvalue weighted by Gasteiger charge is 2.33. The van der Waals surface area contributed by atoms with Gasteiger partial charge in [0.15, 0.2) is 5.76 Å². The predicted octanol–water partition coefficient (Wildman–Crippen LogP) is 4.75. The van der Waals surface area contributed by atoms with Gasteiger partial charge >= 0.3 is 5.97 Å². The molecule has 0 fully saturated rings. The zero-order chi connectivity index (χ0) is 22.9. The lowest BCUT2D eigenvalue weighted by atomic mass is 9.99. The van der Waals surface area contributed by atoms with E-state index in [4.69, 9.17) is 14.2 Å². The molecule has 2 aliphatic rings. The number of allylic oxidation sites excluding steroid dienone is 1. The summed E-state index contributed by atoms with van der Waals surface area (Å²) < 4.78 is 16.8. The normalized spacial score (nSPS) is 16.1. The molecule has 0 atom stereocenters. The maximum absolute atomic E-state index is 13.1. The Morgan fingerprint density at radius 2 is 1.85 bits per heavy atom. The van der Waals surface area contributed by atoms with E-state index in [9.17, 15) is 9.59 Å². The van der Waals surface area contributed by atoms with E-state index in [2.05, 4.69) is 17.0 Å². The van der Waals surface area contributed by atoms with Crippen LogP contribution in [-0.2, 0) is 17.8 Å². The molecule has 0 amide bonds. The molecule has 6 nitrogen and oxygen atoms in total. The minimum absolute atomic E-state index is 0.159. The van der Waals surface area contributed by atoms with Crippen molar-refractivity contribution < 1.29 is 23.8 Å². The Bertz CT molecular complexity index is 1260. The van der Waals surface area contributed by atoms with Crippen LogP contribution >= 0.6 is 0 Å². The summed E-state index contributed by atoms with van der Waals surface area (Å²) in [4.78, 5) is 26.9. The first kappa shape index (κ1) is 21.0. The number of benzene rings is 3. The fraction of sp³-hybridized carbons (Fsp3) is 0.185. The fourth-order valence-corrected chi connectivity index (χ4v) is 4.22. The maximum atomic E-state index is 13.1. The topological polar surface area (TPSA) is 65.1 Å². The van der Waals surface area contributed by atoms with Gasteiger partial charge in [0.25, 0.3) is 0 Å². The monoisotopic (exact) mass is 441 g/mol. The van der Waals surface area contributed by atoms with Gasteiger partial charge in [-0.2, -0.15) is 0 Å². The molecule has 0 bridgehead atoms. The van der Waals surface area contributed by atoms with E-state index in [1.807, 2.05) is 31.2 Å². The predicted molar refractivity (Wildman–Crippen MR) is 123 cm³/mol. The van der Waals surface area contributed by atoms with Crippen molar-refractivity contribution in [3.63, 3.8) is 0 Å². The van der Waals surface area contributed by atoms with Gasteiger partial charge in [-0.25, -0.2) is 4.79 Å². The molecule has 0 N–H and O–H groups in total. The van der Waals surface area contributed by atoms with Crippen LogP contribution in [0.25, 0.3) is 6.08 Å². The quantitative estimate of drug-likeness (QED) is 0.430. The molecular weight excluding hydrogens is 418 g/mol. The standard InChI is InChI=1S/C27H23NO5/c1-17-25-21(15-28(16-32-25)14-19-6-4-3-5-7-19)13-22-24(29)23(33-26(17)22)12-18-8-10-20(11-9-18)27(30)31-2/h3-13H,14-16H2,1-2H3/b23-12-. The van der Waals surface area contributed by atoms with Crippen molar-refractivity contribution in [2.75, 3.05) is 13.8 Å². The van der Waals surface area contributed by atoms with E-state index in [0.717, 1.165) is 29.0 Å². The van der Waals surface area contributed by atoms with Crippen LogP contribution in [0.2, 0.25) is 0 Å². The largest absolute Gasteiger partial charge is 0.477 e. The Kier molecular flexibility index (Phi) is 5.44. The van der Waals surface area contributed by atoms with Gasteiger partial charge in [0.1, 0.15) is 18.2 Å². The van der Waals surface area contributed by atoms with Crippen LogP contribution in [-0.4, -0.2) is 30.5 Å². The third-order valence-electron chi connectivity index (χ3n) is 5.88. The molecule has 3 aromatic rings. The number of ether oxygens (including phenoxy) is 3. The number of methoxy groups -OCH3 is 1. The van der Waals surface area contributed by atoms with Crippen molar-refractivity contribution in [1.82, 2.24) is 4.90 Å². The lowest BCUT2D eigenvalue weighted by Gasteiger charge is -2.30. The second-order valence-electron chi connectivity index (χ2n) is 8.17. The minimum atomic E-state index is -0.405. The van der Waals surface area contributed by atoms with Crippen molar-refractivity contribution in [2.24, 2.45) is 0 Å². The number of nitrogens with zero attached hydrogens (tertiary/aromatic N) is 1. The lowest BCUT2D eigenvalue weighted by Crippen LogP contribution is -2.32. The molecule has 3 aromatic carbocycles. The molecule has 0 saturated carbocycles. The first-order chi connectivity index (χ1) is 16.0. The molecule has 5 rings (SSSR count). The van der Waals surface area contributed by atoms with Crippen LogP contribution < -0.4 is 9.47 Å². The molecular formula is C27H23NO5.